The molecule has 2 rings (SSSR count). The Kier molecular flexibility index (Phi) is 6.64. The number of benzene rings is 2. The summed E-state index contributed by atoms with van der Waals surface area (Å²) in [5, 5.41) is 3.03. The average Bonchev–Trinajstić information content (AvgIpc) is 2.50. The lowest BCUT2D eigenvalue weighted by Crippen LogP contribution is -2.14. The van der Waals surface area contributed by atoms with Gasteiger partial charge in [0.15, 0.2) is 0 Å². The van der Waals surface area contributed by atoms with E-state index in [0.29, 0.717) is 10.8 Å². The molecule has 24 heavy (non-hydrogen) atoms. The molecule has 2 heteroatoms. The van der Waals surface area contributed by atoms with Crippen LogP contribution in [0.1, 0.15) is 41.5 Å². The van der Waals surface area contributed by atoms with E-state index in [1.807, 2.05) is 0 Å². The normalized spacial score (nSPS) is 13.4. The van der Waals surface area contributed by atoms with Crippen molar-refractivity contribution >= 4 is 27.8 Å². The third-order valence-electron chi connectivity index (χ3n) is 3.76. The second-order valence-corrected chi connectivity index (χ2v) is 11.4. The lowest BCUT2D eigenvalue weighted by atomic mass is 10.0. The fourth-order valence-corrected chi connectivity index (χ4v) is 5.15. The minimum Gasteiger partial charge on any atom is -0.0892 e. The Morgan fingerprint density at radius 2 is 0.917 bits per heavy atom. The van der Waals surface area contributed by atoms with Crippen LogP contribution in [0.3, 0.4) is 0 Å². The first kappa shape index (κ1) is 19.6. The van der Waals surface area contributed by atoms with Crippen molar-refractivity contribution in [3.8, 4) is 11.1 Å². The molecule has 2 aromatic rings. The molecule has 0 nitrogen and oxygen atoms in total. The van der Waals surface area contributed by atoms with Crippen molar-refractivity contribution in [2.24, 2.45) is 10.8 Å². The van der Waals surface area contributed by atoms with Crippen LogP contribution in [0.15, 0.2) is 48.5 Å². The second kappa shape index (κ2) is 8.12. The van der Waals surface area contributed by atoms with Gasteiger partial charge in [-0.25, -0.2) is 0 Å². The molecule has 2 unspecified atom stereocenters. The van der Waals surface area contributed by atoms with Crippen LogP contribution in [0.2, 0.25) is 0 Å². The Morgan fingerprint density at radius 1 is 0.583 bits per heavy atom. The summed E-state index contributed by atoms with van der Waals surface area (Å²) in [4.78, 5) is 0. The summed E-state index contributed by atoms with van der Waals surface area (Å²) in [5.74, 6) is 0. The quantitative estimate of drug-likeness (QED) is 0.571. The summed E-state index contributed by atoms with van der Waals surface area (Å²) in [6, 6.07) is 18.0. The van der Waals surface area contributed by atoms with Gasteiger partial charge in [0.05, 0.1) is 0 Å². The molecule has 0 radical (unpaired) electrons. The lowest BCUT2D eigenvalue weighted by molar-refractivity contribution is 0.479. The second-order valence-electron chi connectivity index (χ2n) is 8.92. The van der Waals surface area contributed by atoms with Crippen molar-refractivity contribution in [3.63, 3.8) is 0 Å². The molecule has 0 saturated carbocycles. The molecule has 0 amide bonds. The van der Waals surface area contributed by atoms with E-state index in [4.69, 9.17) is 0 Å². The zero-order valence-electron chi connectivity index (χ0n) is 16.0. The van der Waals surface area contributed by atoms with Crippen LogP contribution >= 0.6 is 17.2 Å². The fraction of sp³-hybridized carbons (Fsp3) is 0.455. The minimum absolute atomic E-state index is 0.388. The molecule has 0 aliphatic heterocycles. The monoisotopic (exact) mass is 358 g/mol. The highest BCUT2D eigenvalue weighted by atomic mass is 31.1. The van der Waals surface area contributed by atoms with Gasteiger partial charge in [0.2, 0.25) is 0 Å². The standard InChI is InChI=1S/C22H32P2/c1-21(2,3)15-23-19-13-9-7-11-17(19)18-12-8-10-14-20(18)24-16-22(4,5)6/h7-14,23-24H,15-16H2,1-6H3. The van der Waals surface area contributed by atoms with Crippen LogP contribution in [-0.2, 0) is 0 Å². The molecule has 0 N–H and O–H groups in total. The molecular formula is C22H32P2. The van der Waals surface area contributed by atoms with Crippen molar-refractivity contribution in [2.75, 3.05) is 12.3 Å². The molecule has 0 heterocycles. The topological polar surface area (TPSA) is 0 Å². The highest BCUT2D eigenvalue weighted by Gasteiger charge is 2.15. The Hall–Kier alpha value is -0.700. The molecule has 0 fully saturated rings. The van der Waals surface area contributed by atoms with E-state index in [2.05, 4.69) is 90.1 Å². The maximum absolute atomic E-state index is 2.33. The van der Waals surface area contributed by atoms with E-state index in [1.165, 1.54) is 34.1 Å². The van der Waals surface area contributed by atoms with E-state index in [9.17, 15) is 0 Å². The third kappa shape index (κ3) is 6.31. The van der Waals surface area contributed by atoms with Crippen LogP contribution in [0.4, 0.5) is 0 Å². The highest BCUT2D eigenvalue weighted by molar-refractivity contribution is 7.48. The van der Waals surface area contributed by atoms with Crippen molar-refractivity contribution in [1.82, 2.24) is 0 Å². The molecule has 0 spiro atoms. The summed E-state index contributed by atoms with van der Waals surface area (Å²) in [6.45, 7) is 14.0. The van der Waals surface area contributed by atoms with Crippen LogP contribution in [0.5, 0.6) is 0 Å². The Morgan fingerprint density at radius 3 is 1.25 bits per heavy atom. The van der Waals surface area contributed by atoms with Gasteiger partial charge in [0, 0.05) is 0 Å². The van der Waals surface area contributed by atoms with Crippen LogP contribution in [-0.4, -0.2) is 12.3 Å². The molecule has 0 aliphatic rings. The Balaban J connectivity index is 2.32. The summed E-state index contributed by atoms with van der Waals surface area (Å²) >= 11 is 0. The first-order valence-electron chi connectivity index (χ1n) is 8.82. The molecule has 0 saturated heterocycles. The van der Waals surface area contributed by atoms with E-state index in [-0.39, 0.29) is 0 Å². The van der Waals surface area contributed by atoms with Crippen molar-refractivity contribution in [3.05, 3.63) is 48.5 Å². The van der Waals surface area contributed by atoms with Crippen LogP contribution in [0.25, 0.3) is 11.1 Å². The van der Waals surface area contributed by atoms with Gasteiger partial charge < -0.3 is 0 Å². The van der Waals surface area contributed by atoms with Crippen molar-refractivity contribution < 1.29 is 0 Å². The molecule has 0 aromatic heterocycles. The van der Waals surface area contributed by atoms with Gasteiger partial charge in [0.1, 0.15) is 0 Å². The zero-order chi connectivity index (χ0) is 17.8. The maximum Gasteiger partial charge on any atom is -0.0103 e. The Bertz CT molecular complexity index is 601. The first-order chi connectivity index (χ1) is 11.2. The largest absolute Gasteiger partial charge is 0.0892 e. The van der Waals surface area contributed by atoms with Crippen molar-refractivity contribution in [2.45, 2.75) is 41.5 Å². The number of rotatable bonds is 5. The smallest absolute Gasteiger partial charge is 0.0103 e. The summed E-state index contributed by atoms with van der Waals surface area (Å²) < 4.78 is 0. The lowest BCUT2D eigenvalue weighted by Gasteiger charge is -2.21. The summed E-state index contributed by atoms with van der Waals surface area (Å²) in [6.07, 6.45) is 2.49. The summed E-state index contributed by atoms with van der Waals surface area (Å²) in [7, 11) is 1.74. The van der Waals surface area contributed by atoms with E-state index in [0.717, 1.165) is 17.2 Å². The van der Waals surface area contributed by atoms with E-state index < -0.39 is 0 Å². The predicted octanol–water partition coefficient (Wildman–Crippen LogP) is 6.05. The SMILES string of the molecule is CC(C)(C)CPc1ccccc1-c1ccccc1PCC(C)(C)C. The minimum atomic E-state index is 0.388. The van der Waals surface area contributed by atoms with Gasteiger partial charge in [0.25, 0.3) is 0 Å². The average molecular weight is 358 g/mol. The van der Waals surface area contributed by atoms with Gasteiger partial charge in [-0.2, -0.15) is 0 Å². The summed E-state index contributed by atoms with van der Waals surface area (Å²) in [5.41, 5.74) is 3.66. The highest BCUT2D eigenvalue weighted by Crippen LogP contribution is 2.32. The molecule has 0 aliphatic carbocycles. The molecule has 2 aromatic carbocycles. The first-order valence-corrected chi connectivity index (χ1v) is 11.2. The van der Waals surface area contributed by atoms with Gasteiger partial charge in [-0.1, -0.05) is 107 Å². The zero-order valence-corrected chi connectivity index (χ0v) is 18.0. The molecular weight excluding hydrogens is 326 g/mol. The van der Waals surface area contributed by atoms with Gasteiger partial charge in [-0.3, -0.25) is 0 Å². The van der Waals surface area contributed by atoms with Crippen LogP contribution < -0.4 is 10.6 Å². The van der Waals surface area contributed by atoms with Crippen molar-refractivity contribution in [1.29, 1.82) is 0 Å². The Labute approximate surface area is 152 Å². The van der Waals surface area contributed by atoms with Gasteiger partial charge in [-0.05, 0) is 44.9 Å². The van der Waals surface area contributed by atoms with Gasteiger partial charge in [-0.15, -0.1) is 0 Å². The molecule has 0 bridgehead atoms. The fourth-order valence-electron chi connectivity index (χ4n) is 2.47. The predicted molar refractivity (Wildman–Crippen MR) is 116 cm³/mol. The van der Waals surface area contributed by atoms with E-state index in [1.54, 1.807) is 0 Å². The number of hydrogen-bond acceptors (Lipinski definition) is 0. The van der Waals surface area contributed by atoms with Gasteiger partial charge >= 0.3 is 0 Å². The third-order valence-corrected chi connectivity index (χ3v) is 7.87. The molecule has 130 valence electrons. The van der Waals surface area contributed by atoms with E-state index >= 15 is 0 Å². The number of hydrogen-bond donors (Lipinski definition) is 0. The molecule has 2 atom stereocenters. The maximum atomic E-state index is 2.33. The van der Waals surface area contributed by atoms with Crippen LogP contribution in [0, 0.1) is 10.8 Å².